The number of rotatable bonds is 1. The van der Waals surface area contributed by atoms with Gasteiger partial charge in [-0.2, -0.15) is 0 Å². The van der Waals surface area contributed by atoms with Crippen LogP contribution in [0, 0.1) is 6.92 Å². The van der Waals surface area contributed by atoms with Gasteiger partial charge < -0.3 is 10.8 Å². The topological polar surface area (TPSA) is 59.1 Å². The van der Waals surface area contributed by atoms with Crippen molar-refractivity contribution in [3.63, 3.8) is 0 Å². The van der Waals surface area contributed by atoms with Gasteiger partial charge in [-0.05, 0) is 19.4 Å². The number of nitrogens with zero attached hydrogens (tertiary/aromatic N) is 1. The first-order chi connectivity index (χ1) is 5.15. The van der Waals surface area contributed by atoms with E-state index in [1.165, 1.54) is 0 Å². The van der Waals surface area contributed by atoms with E-state index in [1.54, 1.807) is 6.07 Å². The number of nitrogens with two attached hydrogens (primary N) is 1. The summed E-state index contributed by atoms with van der Waals surface area (Å²) in [5.41, 5.74) is 7.43. The van der Waals surface area contributed by atoms with Crippen molar-refractivity contribution in [2.24, 2.45) is 0 Å². The number of nitrogen functional groups attached to an aromatic ring is 1. The van der Waals surface area contributed by atoms with Crippen molar-refractivity contribution in [2.75, 3.05) is 5.73 Å². The number of anilines is 1. The molecule has 1 aromatic heterocycles. The Hall–Kier alpha value is -1.25. The molecule has 0 aromatic carbocycles. The van der Waals surface area contributed by atoms with E-state index in [4.69, 9.17) is 5.73 Å². The zero-order chi connectivity index (χ0) is 8.43. The van der Waals surface area contributed by atoms with Gasteiger partial charge in [-0.3, -0.25) is 4.98 Å². The van der Waals surface area contributed by atoms with Gasteiger partial charge in [0.2, 0.25) is 0 Å². The first kappa shape index (κ1) is 7.85. The summed E-state index contributed by atoms with van der Waals surface area (Å²) in [5, 5.41) is 9.33. The standard InChI is InChI=1S/C8H12N2O/c1-3-7-8(11)6(9)4-5(2)10-7/h4,11H,3H2,1-2H3,(H2,9,10). The number of aryl methyl sites for hydroxylation is 2. The van der Waals surface area contributed by atoms with Crippen LogP contribution in [0.3, 0.4) is 0 Å². The normalized spacial score (nSPS) is 10.0. The van der Waals surface area contributed by atoms with Crippen LogP contribution in [-0.4, -0.2) is 10.1 Å². The largest absolute Gasteiger partial charge is 0.504 e. The van der Waals surface area contributed by atoms with E-state index >= 15 is 0 Å². The fourth-order valence-electron chi connectivity index (χ4n) is 1.00. The molecular weight excluding hydrogens is 140 g/mol. The Balaban J connectivity index is 3.24. The lowest BCUT2D eigenvalue weighted by Crippen LogP contribution is -1.95. The summed E-state index contributed by atoms with van der Waals surface area (Å²) in [7, 11) is 0. The van der Waals surface area contributed by atoms with Crippen LogP contribution < -0.4 is 5.73 Å². The minimum Gasteiger partial charge on any atom is -0.504 e. The number of aromatic hydroxyl groups is 1. The molecule has 60 valence electrons. The van der Waals surface area contributed by atoms with Crippen molar-refractivity contribution in [3.8, 4) is 5.75 Å². The second-order valence-electron chi connectivity index (χ2n) is 2.50. The summed E-state index contributed by atoms with van der Waals surface area (Å²) in [4.78, 5) is 4.12. The van der Waals surface area contributed by atoms with E-state index in [-0.39, 0.29) is 5.75 Å². The molecule has 0 atom stereocenters. The maximum absolute atomic E-state index is 9.33. The van der Waals surface area contributed by atoms with Crippen molar-refractivity contribution in [1.29, 1.82) is 0 Å². The minimum atomic E-state index is 0.123. The average Bonchev–Trinajstić information content (AvgIpc) is 1.96. The molecule has 3 heteroatoms. The summed E-state index contributed by atoms with van der Waals surface area (Å²) in [5.74, 6) is 0.123. The van der Waals surface area contributed by atoms with Crippen LogP contribution in [0.15, 0.2) is 6.07 Å². The molecule has 0 bridgehead atoms. The van der Waals surface area contributed by atoms with Gasteiger partial charge in [0, 0.05) is 5.69 Å². The van der Waals surface area contributed by atoms with Gasteiger partial charge in [0.25, 0.3) is 0 Å². The molecule has 3 N–H and O–H groups in total. The molecule has 11 heavy (non-hydrogen) atoms. The molecule has 1 rings (SSSR count). The molecule has 1 aromatic rings. The molecule has 1 heterocycles. The van der Waals surface area contributed by atoms with Crippen LogP contribution in [-0.2, 0) is 6.42 Å². The predicted molar refractivity (Wildman–Crippen MR) is 44.4 cm³/mol. The molecule has 3 nitrogen and oxygen atoms in total. The van der Waals surface area contributed by atoms with E-state index in [1.807, 2.05) is 13.8 Å². The van der Waals surface area contributed by atoms with Crippen LogP contribution in [0.2, 0.25) is 0 Å². The van der Waals surface area contributed by atoms with Gasteiger partial charge >= 0.3 is 0 Å². The van der Waals surface area contributed by atoms with Crippen molar-refractivity contribution in [2.45, 2.75) is 20.3 Å². The maximum atomic E-state index is 9.33. The van der Waals surface area contributed by atoms with E-state index in [9.17, 15) is 5.11 Å². The molecule has 0 fully saturated rings. The van der Waals surface area contributed by atoms with E-state index < -0.39 is 0 Å². The molecule has 0 unspecified atom stereocenters. The zero-order valence-corrected chi connectivity index (χ0v) is 6.76. The number of aromatic nitrogens is 1. The third kappa shape index (κ3) is 1.42. The molecule has 0 saturated carbocycles. The highest BCUT2D eigenvalue weighted by atomic mass is 16.3. The van der Waals surface area contributed by atoms with Crippen LogP contribution >= 0.6 is 0 Å². The predicted octanol–water partition coefficient (Wildman–Crippen LogP) is 1.24. The third-order valence-corrected chi connectivity index (χ3v) is 1.56. The van der Waals surface area contributed by atoms with Crippen molar-refractivity contribution >= 4 is 5.69 Å². The summed E-state index contributed by atoms with van der Waals surface area (Å²) < 4.78 is 0. The zero-order valence-electron chi connectivity index (χ0n) is 6.76. The lowest BCUT2D eigenvalue weighted by Gasteiger charge is -2.04. The van der Waals surface area contributed by atoms with Crippen molar-refractivity contribution < 1.29 is 5.11 Å². The Bertz CT molecular complexity index is 271. The summed E-state index contributed by atoms with van der Waals surface area (Å²) in [6.45, 7) is 3.79. The fraction of sp³-hybridized carbons (Fsp3) is 0.375. The third-order valence-electron chi connectivity index (χ3n) is 1.56. The molecule has 0 aliphatic rings. The maximum Gasteiger partial charge on any atom is 0.160 e. The highest BCUT2D eigenvalue weighted by Crippen LogP contribution is 2.23. The lowest BCUT2D eigenvalue weighted by atomic mass is 10.2. The SMILES string of the molecule is CCc1nc(C)cc(N)c1O. The summed E-state index contributed by atoms with van der Waals surface area (Å²) in [6, 6.07) is 1.66. The average molecular weight is 152 g/mol. The van der Waals surface area contributed by atoms with E-state index in [0.717, 1.165) is 5.69 Å². The highest BCUT2D eigenvalue weighted by molar-refractivity contribution is 5.54. The Morgan fingerprint density at radius 1 is 1.64 bits per heavy atom. The van der Waals surface area contributed by atoms with Gasteiger partial charge in [-0.15, -0.1) is 0 Å². The Morgan fingerprint density at radius 3 is 2.82 bits per heavy atom. The Kier molecular flexibility index (Phi) is 1.98. The molecule has 0 amide bonds. The second kappa shape index (κ2) is 2.78. The van der Waals surface area contributed by atoms with E-state index in [0.29, 0.717) is 17.8 Å². The molecule has 0 spiro atoms. The minimum absolute atomic E-state index is 0.123. The first-order valence-electron chi connectivity index (χ1n) is 3.60. The molecule has 0 radical (unpaired) electrons. The van der Waals surface area contributed by atoms with Crippen molar-refractivity contribution in [1.82, 2.24) is 4.98 Å². The van der Waals surface area contributed by atoms with Gasteiger partial charge in [0.05, 0.1) is 11.4 Å². The molecular formula is C8H12N2O. The van der Waals surface area contributed by atoms with Crippen molar-refractivity contribution in [3.05, 3.63) is 17.5 Å². The molecule has 0 aliphatic carbocycles. The Morgan fingerprint density at radius 2 is 2.27 bits per heavy atom. The number of hydrogen-bond acceptors (Lipinski definition) is 3. The number of pyridine rings is 1. The first-order valence-corrected chi connectivity index (χ1v) is 3.60. The molecule has 0 saturated heterocycles. The quantitative estimate of drug-likeness (QED) is 0.636. The van der Waals surface area contributed by atoms with E-state index in [2.05, 4.69) is 4.98 Å². The summed E-state index contributed by atoms with van der Waals surface area (Å²) in [6.07, 6.45) is 0.706. The van der Waals surface area contributed by atoms with Gasteiger partial charge in [-0.1, -0.05) is 6.92 Å². The van der Waals surface area contributed by atoms with Crippen LogP contribution in [0.4, 0.5) is 5.69 Å². The highest BCUT2D eigenvalue weighted by Gasteiger charge is 2.04. The van der Waals surface area contributed by atoms with Gasteiger partial charge in [0.15, 0.2) is 5.75 Å². The monoisotopic (exact) mass is 152 g/mol. The van der Waals surface area contributed by atoms with Gasteiger partial charge in [-0.25, -0.2) is 0 Å². The smallest absolute Gasteiger partial charge is 0.160 e. The van der Waals surface area contributed by atoms with Crippen LogP contribution in [0.1, 0.15) is 18.3 Å². The lowest BCUT2D eigenvalue weighted by molar-refractivity contribution is 0.467. The number of hydrogen-bond donors (Lipinski definition) is 2. The Labute approximate surface area is 65.9 Å². The fourth-order valence-corrected chi connectivity index (χ4v) is 1.00. The van der Waals surface area contributed by atoms with Crippen LogP contribution in [0.5, 0.6) is 5.75 Å². The van der Waals surface area contributed by atoms with Gasteiger partial charge in [0.1, 0.15) is 0 Å². The summed E-state index contributed by atoms with van der Waals surface area (Å²) >= 11 is 0. The van der Waals surface area contributed by atoms with Crippen LogP contribution in [0.25, 0.3) is 0 Å². The second-order valence-corrected chi connectivity index (χ2v) is 2.50. The molecule has 0 aliphatic heterocycles.